The fourth-order valence-corrected chi connectivity index (χ4v) is 4.44. The predicted octanol–water partition coefficient (Wildman–Crippen LogP) is 4.05. The zero-order valence-electron chi connectivity index (χ0n) is 20.6. The average molecular weight is 479 g/mol. The van der Waals surface area contributed by atoms with Gasteiger partial charge in [-0.05, 0) is 68.8 Å². The molecule has 0 aliphatic carbocycles. The number of amides is 2. The molecule has 0 radical (unpaired) electrons. The van der Waals surface area contributed by atoms with E-state index in [-0.39, 0.29) is 11.8 Å². The van der Waals surface area contributed by atoms with Crippen LogP contribution in [0.2, 0.25) is 0 Å². The van der Waals surface area contributed by atoms with Gasteiger partial charge in [-0.1, -0.05) is 18.6 Å². The molecule has 2 aliphatic heterocycles. The maximum Gasteiger partial charge on any atom is 0.243 e. The van der Waals surface area contributed by atoms with Gasteiger partial charge >= 0.3 is 0 Å². The van der Waals surface area contributed by atoms with Crippen LogP contribution in [0.25, 0.3) is 0 Å². The molecule has 186 valence electrons. The highest BCUT2D eigenvalue weighted by molar-refractivity contribution is 6.04. The maximum atomic E-state index is 12.6. The number of hydrazone groups is 1. The minimum Gasteiger partial charge on any atom is -0.493 e. The van der Waals surface area contributed by atoms with Crippen molar-refractivity contribution < 1.29 is 19.1 Å². The molecular weight excluding hydrogens is 444 g/mol. The molecule has 1 fully saturated rings. The van der Waals surface area contributed by atoms with E-state index >= 15 is 0 Å². The Morgan fingerprint density at radius 1 is 1.03 bits per heavy atom. The van der Waals surface area contributed by atoms with E-state index in [9.17, 15) is 9.59 Å². The number of nitrogens with zero attached hydrogens (tertiary/aromatic N) is 3. The number of piperidine rings is 1. The second kappa shape index (κ2) is 11.8. The number of ether oxygens (including phenoxy) is 2. The molecule has 2 aromatic carbocycles. The van der Waals surface area contributed by atoms with Crippen LogP contribution >= 0.6 is 0 Å². The number of hydrogen-bond acceptors (Lipinski definition) is 6. The van der Waals surface area contributed by atoms with Gasteiger partial charge in [0, 0.05) is 24.1 Å². The lowest BCUT2D eigenvalue weighted by Gasteiger charge is -2.25. The van der Waals surface area contributed by atoms with Crippen LogP contribution in [-0.4, -0.2) is 60.8 Å². The van der Waals surface area contributed by atoms with E-state index in [0.29, 0.717) is 44.0 Å². The van der Waals surface area contributed by atoms with Crippen molar-refractivity contribution in [3.8, 4) is 11.5 Å². The third-order valence-corrected chi connectivity index (χ3v) is 6.29. The van der Waals surface area contributed by atoms with Crippen LogP contribution < -0.4 is 14.8 Å². The van der Waals surface area contributed by atoms with Crippen LogP contribution in [0.5, 0.6) is 11.5 Å². The van der Waals surface area contributed by atoms with Gasteiger partial charge in [-0.15, -0.1) is 0 Å². The molecule has 1 saturated heterocycles. The second-order valence-corrected chi connectivity index (χ2v) is 8.88. The molecule has 2 amide bonds. The van der Waals surface area contributed by atoms with Gasteiger partial charge in [-0.3, -0.25) is 14.5 Å². The molecule has 0 aromatic heterocycles. The molecule has 0 saturated carbocycles. The molecule has 0 bridgehead atoms. The Kier molecular flexibility index (Phi) is 8.36. The Balaban J connectivity index is 1.39. The summed E-state index contributed by atoms with van der Waals surface area (Å²) in [4.78, 5) is 27.1. The number of rotatable bonds is 9. The van der Waals surface area contributed by atoms with Crippen molar-refractivity contribution in [3.63, 3.8) is 0 Å². The zero-order valence-corrected chi connectivity index (χ0v) is 20.6. The lowest BCUT2D eigenvalue weighted by Crippen LogP contribution is -2.36. The van der Waals surface area contributed by atoms with Gasteiger partial charge in [-0.25, -0.2) is 5.01 Å². The summed E-state index contributed by atoms with van der Waals surface area (Å²) in [5, 5.41) is 9.14. The van der Waals surface area contributed by atoms with Crippen LogP contribution in [0.1, 0.15) is 50.2 Å². The number of anilines is 1. The summed E-state index contributed by atoms with van der Waals surface area (Å²) in [7, 11) is 1.61. The monoisotopic (exact) mass is 478 g/mol. The van der Waals surface area contributed by atoms with Gasteiger partial charge < -0.3 is 14.8 Å². The van der Waals surface area contributed by atoms with Gasteiger partial charge in [-0.2, -0.15) is 5.10 Å². The van der Waals surface area contributed by atoms with Crippen molar-refractivity contribution in [3.05, 3.63) is 53.6 Å². The van der Waals surface area contributed by atoms with Crippen LogP contribution in [0.4, 0.5) is 5.69 Å². The topological polar surface area (TPSA) is 83.5 Å². The summed E-state index contributed by atoms with van der Waals surface area (Å²) in [6.45, 7) is 5.24. The van der Waals surface area contributed by atoms with Gasteiger partial charge in [0.15, 0.2) is 11.5 Å². The first-order valence-electron chi connectivity index (χ1n) is 12.4. The van der Waals surface area contributed by atoms with E-state index in [0.717, 1.165) is 48.5 Å². The molecule has 35 heavy (non-hydrogen) atoms. The molecule has 0 spiro atoms. The number of methoxy groups -OCH3 is 1. The zero-order chi connectivity index (χ0) is 24.6. The van der Waals surface area contributed by atoms with Gasteiger partial charge in [0.05, 0.1) is 32.5 Å². The Morgan fingerprint density at radius 2 is 1.80 bits per heavy atom. The molecule has 0 atom stereocenters. The van der Waals surface area contributed by atoms with Crippen molar-refractivity contribution >= 4 is 23.2 Å². The normalized spacial score (nSPS) is 16.6. The van der Waals surface area contributed by atoms with Crippen molar-refractivity contribution in [2.75, 3.05) is 38.7 Å². The fourth-order valence-electron chi connectivity index (χ4n) is 4.44. The third-order valence-electron chi connectivity index (χ3n) is 6.29. The van der Waals surface area contributed by atoms with Gasteiger partial charge in [0.2, 0.25) is 11.8 Å². The first kappa shape index (κ1) is 24.7. The summed E-state index contributed by atoms with van der Waals surface area (Å²) < 4.78 is 11.1. The quantitative estimate of drug-likeness (QED) is 0.588. The summed E-state index contributed by atoms with van der Waals surface area (Å²) in [6.07, 6.45) is 4.55. The predicted molar refractivity (Wildman–Crippen MR) is 136 cm³/mol. The Morgan fingerprint density at radius 3 is 2.51 bits per heavy atom. The van der Waals surface area contributed by atoms with Crippen molar-refractivity contribution in [1.29, 1.82) is 0 Å². The lowest BCUT2D eigenvalue weighted by molar-refractivity contribution is -0.132. The number of hydrogen-bond donors (Lipinski definition) is 1. The fraction of sp³-hybridized carbons (Fsp3) is 0.444. The number of carbonyl (C=O) groups is 2. The maximum absolute atomic E-state index is 12.6. The van der Waals surface area contributed by atoms with Crippen LogP contribution in [0.15, 0.2) is 47.6 Å². The van der Waals surface area contributed by atoms with Gasteiger partial charge in [0.25, 0.3) is 0 Å². The minimum absolute atomic E-state index is 0.00557. The van der Waals surface area contributed by atoms with Crippen LogP contribution in [0.3, 0.4) is 0 Å². The van der Waals surface area contributed by atoms with Gasteiger partial charge in [0.1, 0.15) is 0 Å². The molecule has 2 heterocycles. The molecule has 0 unspecified atom stereocenters. The Hall–Kier alpha value is -3.39. The first-order valence-corrected chi connectivity index (χ1v) is 12.4. The summed E-state index contributed by atoms with van der Waals surface area (Å²) in [5.41, 5.74) is 3.46. The molecule has 2 aromatic rings. The van der Waals surface area contributed by atoms with Crippen molar-refractivity contribution in [2.45, 2.75) is 45.6 Å². The SMILES string of the molecule is CCOc1cc(C2=NN(Cc3ccc(NC(=O)CN4CCCCC4)cc3)C(=O)CC2)ccc1OC. The molecule has 2 aliphatic rings. The highest BCUT2D eigenvalue weighted by atomic mass is 16.5. The van der Waals surface area contributed by atoms with E-state index in [1.165, 1.54) is 11.4 Å². The number of nitrogens with one attached hydrogen (secondary N) is 1. The molecule has 8 nitrogen and oxygen atoms in total. The van der Waals surface area contributed by atoms with E-state index < -0.39 is 0 Å². The van der Waals surface area contributed by atoms with E-state index in [1.54, 1.807) is 7.11 Å². The average Bonchev–Trinajstić information content (AvgIpc) is 2.87. The summed E-state index contributed by atoms with van der Waals surface area (Å²) in [6, 6.07) is 13.3. The minimum atomic E-state index is -0.00814. The van der Waals surface area contributed by atoms with Crippen LogP contribution in [-0.2, 0) is 16.1 Å². The summed E-state index contributed by atoms with van der Waals surface area (Å²) >= 11 is 0. The highest BCUT2D eigenvalue weighted by Crippen LogP contribution is 2.30. The Bertz CT molecular complexity index is 1060. The molecular formula is C27H34N4O4. The largest absolute Gasteiger partial charge is 0.493 e. The smallest absolute Gasteiger partial charge is 0.243 e. The molecule has 1 N–H and O–H groups in total. The van der Waals surface area contributed by atoms with E-state index in [2.05, 4.69) is 15.3 Å². The molecule has 4 rings (SSSR count). The Labute approximate surface area is 206 Å². The summed E-state index contributed by atoms with van der Waals surface area (Å²) in [5.74, 6) is 1.33. The third kappa shape index (κ3) is 6.60. The number of carbonyl (C=O) groups excluding carboxylic acids is 2. The molecule has 8 heteroatoms. The van der Waals surface area contributed by atoms with Crippen LogP contribution in [0, 0.1) is 0 Å². The number of benzene rings is 2. The van der Waals surface area contributed by atoms with Crippen molar-refractivity contribution in [2.24, 2.45) is 5.10 Å². The number of likely N-dealkylation sites (tertiary alicyclic amines) is 1. The first-order chi connectivity index (χ1) is 17.1. The second-order valence-electron chi connectivity index (χ2n) is 8.88. The van der Waals surface area contributed by atoms with Crippen molar-refractivity contribution in [1.82, 2.24) is 9.91 Å². The van der Waals surface area contributed by atoms with E-state index in [1.807, 2.05) is 49.4 Å². The van der Waals surface area contributed by atoms with E-state index in [4.69, 9.17) is 9.47 Å². The lowest BCUT2D eigenvalue weighted by atomic mass is 10.0. The highest BCUT2D eigenvalue weighted by Gasteiger charge is 2.22. The standard InChI is InChI=1S/C27H34N4O4/c1-3-35-25-17-21(9-13-24(25)34-2)23-12-14-27(33)31(29-23)18-20-7-10-22(11-8-20)28-26(32)19-30-15-5-4-6-16-30/h7-11,13,17H,3-6,12,14-16,18-19H2,1-2H3,(H,28,32).